The van der Waals surface area contributed by atoms with Gasteiger partial charge in [-0.05, 0) is 43.4 Å². The molecule has 1 aromatic heterocycles. The van der Waals surface area contributed by atoms with Crippen LogP contribution in [-0.2, 0) is 16.1 Å². The summed E-state index contributed by atoms with van der Waals surface area (Å²) in [5.74, 6) is 0.219. The van der Waals surface area contributed by atoms with E-state index in [1.54, 1.807) is 0 Å². The number of likely N-dealkylation sites (tertiary alicyclic amines) is 1. The van der Waals surface area contributed by atoms with Crippen LogP contribution in [0.1, 0.15) is 31.2 Å². The molecule has 0 bridgehead atoms. The number of carbonyl (C=O) groups is 1. The van der Waals surface area contributed by atoms with Crippen LogP contribution in [0.25, 0.3) is 0 Å². The highest BCUT2D eigenvalue weighted by molar-refractivity contribution is 5.84. The van der Waals surface area contributed by atoms with E-state index in [1.807, 2.05) is 24.5 Å². The van der Waals surface area contributed by atoms with Crippen LogP contribution in [0.4, 0.5) is 0 Å². The van der Waals surface area contributed by atoms with Crippen LogP contribution >= 0.6 is 0 Å². The van der Waals surface area contributed by atoms with Crippen molar-refractivity contribution in [3.63, 3.8) is 0 Å². The van der Waals surface area contributed by atoms with Gasteiger partial charge in [0.15, 0.2) is 0 Å². The first kappa shape index (κ1) is 14.2. The van der Waals surface area contributed by atoms with Gasteiger partial charge in [-0.15, -0.1) is 0 Å². The highest BCUT2D eigenvalue weighted by atomic mass is 16.5. The van der Waals surface area contributed by atoms with Crippen molar-refractivity contribution in [1.29, 1.82) is 0 Å². The zero-order valence-corrected chi connectivity index (χ0v) is 12.8. The highest BCUT2D eigenvalue weighted by Crippen LogP contribution is 2.42. The van der Waals surface area contributed by atoms with Crippen molar-refractivity contribution in [2.24, 2.45) is 5.41 Å². The first-order valence-corrected chi connectivity index (χ1v) is 8.30. The van der Waals surface area contributed by atoms with Crippen LogP contribution in [0.2, 0.25) is 0 Å². The molecule has 1 saturated carbocycles. The van der Waals surface area contributed by atoms with Crippen molar-refractivity contribution in [1.82, 2.24) is 15.2 Å². The number of rotatable bonds is 4. The summed E-state index contributed by atoms with van der Waals surface area (Å²) in [5, 5.41) is 3.21. The number of ether oxygens (including phenoxy) is 1. The first-order chi connectivity index (χ1) is 10.8. The number of nitrogens with zero attached hydrogens (tertiary/aromatic N) is 2. The molecule has 3 aliphatic rings. The summed E-state index contributed by atoms with van der Waals surface area (Å²) in [6.07, 6.45) is 7.82. The van der Waals surface area contributed by atoms with Gasteiger partial charge in [-0.2, -0.15) is 0 Å². The molecule has 4 rings (SSSR count). The molecule has 1 aromatic rings. The average Bonchev–Trinajstić information content (AvgIpc) is 3.24. The molecule has 1 amide bonds. The number of amides is 1. The Morgan fingerprint density at radius 2 is 2.18 bits per heavy atom. The topological polar surface area (TPSA) is 54.5 Å². The summed E-state index contributed by atoms with van der Waals surface area (Å²) >= 11 is 0. The van der Waals surface area contributed by atoms with Gasteiger partial charge in [0, 0.05) is 44.7 Å². The molecule has 0 radical (unpaired) electrons. The zero-order chi connectivity index (χ0) is 15.0. The van der Waals surface area contributed by atoms with Crippen LogP contribution in [0, 0.1) is 5.41 Å². The lowest BCUT2D eigenvalue weighted by atomic mass is 9.75. The maximum absolute atomic E-state index is 12.8. The van der Waals surface area contributed by atoms with E-state index in [4.69, 9.17) is 4.74 Å². The molecular formula is C17H23N3O2. The van der Waals surface area contributed by atoms with E-state index in [2.05, 4.69) is 15.2 Å². The highest BCUT2D eigenvalue weighted by Gasteiger charge is 2.53. The first-order valence-electron chi connectivity index (χ1n) is 8.30. The minimum absolute atomic E-state index is 0.0972. The Bertz CT molecular complexity index is 546. The quantitative estimate of drug-likeness (QED) is 0.912. The van der Waals surface area contributed by atoms with E-state index in [-0.39, 0.29) is 17.4 Å². The molecule has 118 valence electrons. The third-order valence-corrected chi connectivity index (χ3v) is 5.22. The maximum atomic E-state index is 12.8. The minimum Gasteiger partial charge on any atom is -0.377 e. The number of hydrogen-bond acceptors (Lipinski definition) is 4. The Morgan fingerprint density at radius 3 is 2.95 bits per heavy atom. The van der Waals surface area contributed by atoms with Crippen LogP contribution in [0.3, 0.4) is 0 Å². The molecule has 3 heterocycles. The number of fused-ring (bicyclic) bond motifs is 1. The average molecular weight is 301 g/mol. The summed E-state index contributed by atoms with van der Waals surface area (Å²) in [6, 6.07) is 4.52. The van der Waals surface area contributed by atoms with Gasteiger partial charge in [-0.3, -0.25) is 14.7 Å². The number of aromatic nitrogens is 1. The summed E-state index contributed by atoms with van der Waals surface area (Å²) < 4.78 is 5.88. The molecule has 5 heteroatoms. The Labute approximate surface area is 131 Å². The monoisotopic (exact) mass is 301 g/mol. The van der Waals surface area contributed by atoms with Gasteiger partial charge in [-0.1, -0.05) is 0 Å². The van der Waals surface area contributed by atoms with Crippen molar-refractivity contribution < 1.29 is 9.53 Å². The second kappa shape index (κ2) is 5.63. The molecule has 2 atom stereocenters. The Hall–Kier alpha value is -1.46. The van der Waals surface area contributed by atoms with Gasteiger partial charge in [0.05, 0.1) is 11.5 Å². The van der Waals surface area contributed by atoms with Gasteiger partial charge in [0.1, 0.15) is 0 Å². The van der Waals surface area contributed by atoms with Gasteiger partial charge < -0.3 is 10.1 Å². The van der Waals surface area contributed by atoms with E-state index in [9.17, 15) is 4.79 Å². The fourth-order valence-electron chi connectivity index (χ4n) is 3.79. The molecule has 5 nitrogen and oxygen atoms in total. The second-order valence-corrected chi connectivity index (χ2v) is 6.87. The predicted molar refractivity (Wildman–Crippen MR) is 82.1 cm³/mol. The van der Waals surface area contributed by atoms with Gasteiger partial charge in [-0.25, -0.2) is 0 Å². The van der Waals surface area contributed by atoms with Crippen LogP contribution < -0.4 is 5.32 Å². The lowest BCUT2D eigenvalue weighted by Gasteiger charge is -2.42. The van der Waals surface area contributed by atoms with E-state index < -0.39 is 0 Å². The second-order valence-electron chi connectivity index (χ2n) is 6.87. The summed E-state index contributed by atoms with van der Waals surface area (Å²) in [4.78, 5) is 19.3. The van der Waals surface area contributed by atoms with Crippen molar-refractivity contribution >= 4 is 5.91 Å². The molecule has 2 saturated heterocycles. The van der Waals surface area contributed by atoms with E-state index in [0.717, 1.165) is 45.3 Å². The standard InChI is InChI=1S/C17H23N3O2/c21-16(19-14-1-2-14)17-6-10-22-15(17)5-9-20(12-17)11-13-3-7-18-8-4-13/h3-4,7-8,14-15H,1-2,5-6,9-12H2,(H,19,21)/t15-,17-/m0/s1. The lowest BCUT2D eigenvalue weighted by molar-refractivity contribution is -0.139. The molecule has 3 fully saturated rings. The van der Waals surface area contributed by atoms with Crippen molar-refractivity contribution in [3.8, 4) is 0 Å². The van der Waals surface area contributed by atoms with Gasteiger partial charge >= 0.3 is 0 Å². The summed E-state index contributed by atoms with van der Waals surface area (Å²) in [5.41, 5.74) is 0.915. The fourth-order valence-corrected chi connectivity index (χ4v) is 3.79. The third-order valence-electron chi connectivity index (χ3n) is 5.22. The predicted octanol–water partition coefficient (Wildman–Crippen LogP) is 1.34. The molecule has 0 unspecified atom stereocenters. The van der Waals surface area contributed by atoms with Crippen molar-refractivity contribution in [2.45, 2.75) is 44.4 Å². The summed E-state index contributed by atoms with van der Waals surface area (Å²) in [7, 11) is 0. The SMILES string of the molecule is O=C(NC1CC1)[C@]12CCO[C@H]1CCN(Cc1ccncc1)C2. The summed E-state index contributed by atoms with van der Waals surface area (Å²) in [6.45, 7) is 3.39. The third kappa shape index (κ3) is 2.63. The maximum Gasteiger partial charge on any atom is 0.230 e. The molecule has 0 spiro atoms. The zero-order valence-electron chi connectivity index (χ0n) is 12.8. The largest absolute Gasteiger partial charge is 0.377 e. The smallest absolute Gasteiger partial charge is 0.230 e. The number of hydrogen-bond donors (Lipinski definition) is 1. The molecule has 1 aliphatic carbocycles. The number of piperidine rings is 1. The number of nitrogens with one attached hydrogen (secondary N) is 1. The van der Waals surface area contributed by atoms with E-state index >= 15 is 0 Å². The molecule has 0 aromatic carbocycles. The van der Waals surface area contributed by atoms with E-state index in [0.29, 0.717) is 12.6 Å². The Morgan fingerprint density at radius 1 is 1.36 bits per heavy atom. The molecule has 1 N–H and O–H groups in total. The van der Waals surface area contributed by atoms with Crippen LogP contribution in [-0.4, -0.2) is 47.6 Å². The minimum atomic E-state index is -0.339. The van der Waals surface area contributed by atoms with Crippen LogP contribution in [0.5, 0.6) is 0 Å². The van der Waals surface area contributed by atoms with E-state index in [1.165, 1.54) is 5.56 Å². The normalized spacial score (nSPS) is 31.7. The van der Waals surface area contributed by atoms with Crippen LogP contribution in [0.15, 0.2) is 24.5 Å². The molecule has 22 heavy (non-hydrogen) atoms. The van der Waals surface area contributed by atoms with Gasteiger partial charge in [0.25, 0.3) is 0 Å². The lowest BCUT2D eigenvalue weighted by Crippen LogP contribution is -2.57. The van der Waals surface area contributed by atoms with Crippen molar-refractivity contribution in [2.75, 3.05) is 19.7 Å². The van der Waals surface area contributed by atoms with Crippen molar-refractivity contribution in [3.05, 3.63) is 30.1 Å². The molecule has 2 aliphatic heterocycles. The molecular weight excluding hydrogens is 278 g/mol. The fraction of sp³-hybridized carbons (Fsp3) is 0.647. The Kier molecular flexibility index (Phi) is 3.62. The van der Waals surface area contributed by atoms with Gasteiger partial charge in [0.2, 0.25) is 5.91 Å². The Balaban J connectivity index is 1.49. The number of carbonyl (C=O) groups excluding carboxylic acids is 1. The number of pyridine rings is 1.